The highest BCUT2D eigenvalue weighted by Crippen LogP contribution is 2.12. The van der Waals surface area contributed by atoms with Gasteiger partial charge < -0.3 is 10.4 Å². The van der Waals surface area contributed by atoms with E-state index in [1.54, 1.807) is 54.6 Å². The second-order valence-electron chi connectivity index (χ2n) is 5.90. The molecule has 0 aromatic heterocycles. The maximum Gasteiger partial charge on any atom is 0.335 e. The first-order valence-corrected chi connectivity index (χ1v) is 8.57. The Morgan fingerprint density at radius 3 is 2.03 bits per heavy atom. The van der Waals surface area contributed by atoms with E-state index in [0.717, 1.165) is 17.5 Å². The van der Waals surface area contributed by atoms with Crippen LogP contribution in [0.5, 0.6) is 0 Å². The quantitative estimate of drug-likeness (QED) is 0.637. The first-order valence-electron chi connectivity index (χ1n) is 8.57. The van der Waals surface area contributed by atoms with Crippen molar-refractivity contribution < 1.29 is 14.7 Å². The summed E-state index contributed by atoms with van der Waals surface area (Å²) in [6.45, 7) is 0.578. The zero-order chi connectivity index (χ0) is 21.1. The monoisotopic (exact) mass is 383 g/mol. The molecule has 0 saturated heterocycles. The predicted octanol–water partition coefficient (Wildman–Crippen LogP) is 4.24. The normalized spacial score (nSPS) is 9.17. The Balaban J connectivity index is 0.000000253. The lowest BCUT2D eigenvalue weighted by molar-refractivity contribution is 0.0696. The van der Waals surface area contributed by atoms with Gasteiger partial charge in [0.25, 0.3) is 0 Å². The number of carboxylic acids is 1. The predicted molar refractivity (Wildman–Crippen MR) is 108 cm³/mol. The minimum absolute atomic E-state index is 0.254. The fraction of sp³-hybridized carbons (Fsp3) is 0.0435. The number of benzene rings is 3. The Morgan fingerprint density at radius 1 is 0.931 bits per heavy atom. The van der Waals surface area contributed by atoms with Crippen LogP contribution >= 0.6 is 0 Å². The summed E-state index contributed by atoms with van der Waals surface area (Å²) in [6.07, 6.45) is 0.751. The van der Waals surface area contributed by atoms with Crippen LogP contribution in [0.1, 0.15) is 37.4 Å². The van der Waals surface area contributed by atoms with E-state index in [2.05, 4.69) is 11.4 Å². The van der Waals surface area contributed by atoms with Crippen LogP contribution in [0.3, 0.4) is 0 Å². The van der Waals surface area contributed by atoms with Crippen molar-refractivity contribution >= 4 is 17.9 Å². The number of nitriles is 2. The van der Waals surface area contributed by atoms with Crippen molar-refractivity contribution in [3.05, 3.63) is 101 Å². The van der Waals surface area contributed by atoms with Crippen molar-refractivity contribution in [2.45, 2.75) is 6.54 Å². The maximum atomic E-state index is 10.8. The Hall–Kier alpha value is -4.42. The molecule has 0 heterocycles. The lowest BCUT2D eigenvalue weighted by Crippen LogP contribution is -2.01. The van der Waals surface area contributed by atoms with Crippen LogP contribution in [0, 0.1) is 22.7 Å². The minimum atomic E-state index is -0.943. The first-order chi connectivity index (χ1) is 14.0. The van der Waals surface area contributed by atoms with Crippen LogP contribution in [0.2, 0.25) is 0 Å². The number of hydrogen-bond donors (Lipinski definition) is 2. The number of nitrogens with one attached hydrogen (secondary N) is 1. The molecule has 29 heavy (non-hydrogen) atoms. The lowest BCUT2D eigenvalue weighted by Gasteiger charge is -2.07. The zero-order valence-electron chi connectivity index (χ0n) is 15.4. The molecule has 0 unspecified atom stereocenters. The van der Waals surface area contributed by atoms with Crippen LogP contribution in [0.25, 0.3) is 0 Å². The molecule has 6 nitrogen and oxygen atoms in total. The van der Waals surface area contributed by atoms with E-state index in [1.165, 1.54) is 0 Å². The molecule has 0 bridgehead atoms. The first kappa shape index (κ1) is 20.9. The zero-order valence-corrected chi connectivity index (χ0v) is 15.4. The summed E-state index contributed by atoms with van der Waals surface area (Å²) in [5, 5.41) is 29.1. The van der Waals surface area contributed by atoms with E-state index >= 15 is 0 Å². The van der Waals surface area contributed by atoms with Crippen LogP contribution in [0.15, 0.2) is 72.8 Å². The minimum Gasteiger partial charge on any atom is -0.478 e. The van der Waals surface area contributed by atoms with Crippen molar-refractivity contribution in [1.82, 2.24) is 0 Å². The van der Waals surface area contributed by atoms with E-state index in [4.69, 9.17) is 15.6 Å². The van der Waals surface area contributed by atoms with Gasteiger partial charge in [0.2, 0.25) is 0 Å². The molecule has 0 aliphatic heterocycles. The van der Waals surface area contributed by atoms with Gasteiger partial charge in [0.15, 0.2) is 0 Å². The number of anilines is 1. The van der Waals surface area contributed by atoms with Crippen LogP contribution in [-0.2, 0) is 6.54 Å². The molecule has 0 atom stereocenters. The molecule has 3 aromatic carbocycles. The van der Waals surface area contributed by atoms with E-state index in [0.29, 0.717) is 23.2 Å². The molecular formula is C23H17N3O3. The number of carbonyl (C=O) groups is 2. The van der Waals surface area contributed by atoms with E-state index < -0.39 is 5.97 Å². The Labute approximate surface area is 168 Å². The number of carbonyl (C=O) groups excluding carboxylic acids is 1. The summed E-state index contributed by atoms with van der Waals surface area (Å²) < 4.78 is 0. The van der Waals surface area contributed by atoms with Gasteiger partial charge in [-0.05, 0) is 48.0 Å². The average molecular weight is 383 g/mol. The van der Waals surface area contributed by atoms with Crippen LogP contribution in [0.4, 0.5) is 5.69 Å². The molecule has 3 aromatic rings. The topological polar surface area (TPSA) is 114 Å². The standard InChI is InChI=1S/C15H12N2O2.C8H5NO/c16-9-11-4-6-12(7-5-11)10-17-14-3-1-2-13(8-14)15(18)19;9-5-7-1-3-8(6-10)4-2-7/h1-8,17H,10H2,(H,18,19);1-4,6H. The van der Waals surface area contributed by atoms with Crippen LogP contribution in [-0.4, -0.2) is 17.4 Å². The third kappa shape index (κ3) is 6.67. The Bertz CT molecular complexity index is 1060. The molecule has 142 valence electrons. The highest BCUT2D eigenvalue weighted by Gasteiger charge is 2.02. The van der Waals surface area contributed by atoms with Crippen molar-refractivity contribution in [3.8, 4) is 12.1 Å². The number of carboxylic acid groups (broad SMARTS) is 1. The highest BCUT2D eigenvalue weighted by atomic mass is 16.4. The summed E-state index contributed by atoms with van der Waals surface area (Å²) >= 11 is 0. The number of rotatable bonds is 5. The summed E-state index contributed by atoms with van der Waals surface area (Å²) in [6, 6.07) is 24.4. The molecule has 0 saturated carbocycles. The summed E-state index contributed by atoms with van der Waals surface area (Å²) in [7, 11) is 0. The molecule has 0 aliphatic carbocycles. The summed E-state index contributed by atoms with van der Waals surface area (Å²) in [5.74, 6) is -0.943. The van der Waals surface area contributed by atoms with Gasteiger partial charge in [-0.25, -0.2) is 4.79 Å². The number of nitrogens with zero attached hydrogens (tertiary/aromatic N) is 2. The number of aromatic carboxylic acids is 1. The second kappa shape index (κ2) is 10.7. The third-order valence-electron chi connectivity index (χ3n) is 3.87. The lowest BCUT2D eigenvalue weighted by atomic mass is 10.1. The Morgan fingerprint density at radius 2 is 1.52 bits per heavy atom. The fourth-order valence-electron chi connectivity index (χ4n) is 2.30. The van der Waals surface area contributed by atoms with Gasteiger partial charge in [0.1, 0.15) is 6.29 Å². The van der Waals surface area contributed by atoms with Gasteiger partial charge in [-0.3, -0.25) is 4.79 Å². The van der Waals surface area contributed by atoms with Gasteiger partial charge in [0, 0.05) is 17.8 Å². The number of hydrogen-bond acceptors (Lipinski definition) is 5. The largest absolute Gasteiger partial charge is 0.478 e. The molecule has 0 spiro atoms. The van der Waals surface area contributed by atoms with Crippen molar-refractivity contribution in [3.63, 3.8) is 0 Å². The molecule has 0 amide bonds. The summed E-state index contributed by atoms with van der Waals surface area (Å²) in [5.41, 5.74) is 3.83. The van der Waals surface area contributed by atoms with Crippen LogP contribution < -0.4 is 5.32 Å². The summed E-state index contributed by atoms with van der Waals surface area (Å²) in [4.78, 5) is 21.0. The van der Waals surface area contributed by atoms with Gasteiger partial charge in [-0.1, -0.05) is 30.3 Å². The van der Waals surface area contributed by atoms with Gasteiger partial charge in [0.05, 0.1) is 28.8 Å². The molecule has 3 rings (SSSR count). The van der Waals surface area contributed by atoms with Gasteiger partial charge in [-0.15, -0.1) is 0 Å². The molecule has 0 aliphatic rings. The van der Waals surface area contributed by atoms with Gasteiger partial charge in [-0.2, -0.15) is 10.5 Å². The smallest absolute Gasteiger partial charge is 0.335 e. The van der Waals surface area contributed by atoms with Crippen molar-refractivity contribution in [2.75, 3.05) is 5.32 Å². The Kier molecular flexibility index (Phi) is 7.68. The maximum absolute atomic E-state index is 10.8. The SMILES string of the molecule is N#Cc1ccc(C=O)cc1.N#Cc1ccc(CNc2cccc(C(=O)O)c2)cc1. The van der Waals surface area contributed by atoms with E-state index in [9.17, 15) is 9.59 Å². The van der Waals surface area contributed by atoms with Crippen molar-refractivity contribution in [1.29, 1.82) is 10.5 Å². The fourth-order valence-corrected chi connectivity index (χ4v) is 2.30. The molecular weight excluding hydrogens is 366 g/mol. The molecule has 2 N–H and O–H groups in total. The average Bonchev–Trinajstić information content (AvgIpc) is 2.78. The van der Waals surface area contributed by atoms with E-state index in [1.807, 2.05) is 24.3 Å². The second-order valence-corrected chi connectivity index (χ2v) is 5.90. The molecule has 0 radical (unpaired) electrons. The van der Waals surface area contributed by atoms with Crippen molar-refractivity contribution in [2.24, 2.45) is 0 Å². The third-order valence-corrected chi connectivity index (χ3v) is 3.87. The highest BCUT2D eigenvalue weighted by molar-refractivity contribution is 5.88. The molecule has 0 fully saturated rings. The van der Waals surface area contributed by atoms with Gasteiger partial charge >= 0.3 is 5.97 Å². The number of aldehydes is 1. The molecule has 6 heteroatoms. The van der Waals surface area contributed by atoms with E-state index in [-0.39, 0.29) is 5.56 Å².